The SMILES string of the molecule is COc1ccc(C(=O)NCC(c2cccc(F)c2)N(C)C)cc1S(=O)(=O)N1CCCC1. The summed E-state index contributed by atoms with van der Waals surface area (Å²) in [7, 11) is 1.34. The van der Waals surface area contributed by atoms with Gasteiger partial charge >= 0.3 is 0 Å². The van der Waals surface area contributed by atoms with Crippen LogP contribution in [0.25, 0.3) is 0 Å². The van der Waals surface area contributed by atoms with Crippen molar-refractivity contribution in [3.05, 3.63) is 59.4 Å². The maximum Gasteiger partial charge on any atom is 0.251 e. The standard InChI is InChI=1S/C22H28FN3O4S/c1-25(2)19(16-7-6-8-18(23)13-16)15-24-22(27)17-9-10-20(30-3)21(14-17)31(28,29)26-11-4-5-12-26/h6-10,13-14,19H,4-5,11-12,15H2,1-3H3,(H,24,27). The van der Waals surface area contributed by atoms with Gasteiger partial charge in [-0.1, -0.05) is 12.1 Å². The molecule has 3 rings (SSSR count). The lowest BCUT2D eigenvalue weighted by atomic mass is 10.1. The molecule has 1 N–H and O–H groups in total. The summed E-state index contributed by atoms with van der Waals surface area (Å²) in [6, 6.07) is 10.4. The van der Waals surface area contributed by atoms with E-state index in [4.69, 9.17) is 4.74 Å². The average molecular weight is 450 g/mol. The molecule has 0 aliphatic carbocycles. The lowest BCUT2D eigenvalue weighted by Gasteiger charge is -2.25. The highest BCUT2D eigenvalue weighted by Crippen LogP contribution is 2.30. The quantitative estimate of drug-likeness (QED) is 0.670. The number of nitrogens with one attached hydrogen (secondary N) is 1. The van der Waals surface area contributed by atoms with Crippen molar-refractivity contribution >= 4 is 15.9 Å². The fourth-order valence-electron chi connectivity index (χ4n) is 3.69. The Morgan fingerprint density at radius 3 is 2.52 bits per heavy atom. The van der Waals surface area contributed by atoms with E-state index in [1.807, 2.05) is 19.0 Å². The Kier molecular flexibility index (Phi) is 7.30. The maximum absolute atomic E-state index is 13.6. The molecule has 1 saturated heterocycles. The maximum atomic E-state index is 13.6. The highest BCUT2D eigenvalue weighted by atomic mass is 32.2. The number of amides is 1. The molecule has 0 spiro atoms. The molecular weight excluding hydrogens is 421 g/mol. The second kappa shape index (κ2) is 9.76. The van der Waals surface area contributed by atoms with Crippen molar-refractivity contribution in [1.29, 1.82) is 0 Å². The first kappa shape index (κ1) is 23.2. The van der Waals surface area contributed by atoms with Crippen molar-refractivity contribution in [3.8, 4) is 5.75 Å². The van der Waals surface area contributed by atoms with E-state index in [0.717, 1.165) is 18.4 Å². The van der Waals surface area contributed by atoms with Crippen LogP contribution in [0.3, 0.4) is 0 Å². The first-order chi connectivity index (χ1) is 14.7. The predicted molar refractivity (Wildman–Crippen MR) is 116 cm³/mol. The summed E-state index contributed by atoms with van der Waals surface area (Å²) in [4.78, 5) is 14.7. The van der Waals surface area contributed by atoms with E-state index in [1.54, 1.807) is 12.1 Å². The molecule has 2 aromatic rings. The van der Waals surface area contributed by atoms with E-state index in [0.29, 0.717) is 13.1 Å². The third kappa shape index (κ3) is 5.23. The monoisotopic (exact) mass is 449 g/mol. The summed E-state index contributed by atoms with van der Waals surface area (Å²) in [5.41, 5.74) is 0.952. The molecule has 1 unspecified atom stereocenters. The van der Waals surface area contributed by atoms with Crippen LogP contribution in [0.1, 0.15) is 34.8 Å². The number of rotatable bonds is 8. The molecule has 1 aliphatic heterocycles. The molecule has 2 aromatic carbocycles. The Morgan fingerprint density at radius 1 is 1.19 bits per heavy atom. The lowest BCUT2D eigenvalue weighted by molar-refractivity contribution is 0.0941. The molecule has 31 heavy (non-hydrogen) atoms. The van der Waals surface area contributed by atoms with Gasteiger partial charge in [0.2, 0.25) is 10.0 Å². The van der Waals surface area contributed by atoms with Crippen LogP contribution in [0.5, 0.6) is 5.75 Å². The third-order valence-corrected chi connectivity index (χ3v) is 7.34. The highest BCUT2D eigenvalue weighted by molar-refractivity contribution is 7.89. The molecule has 0 aromatic heterocycles. The van der Waals surface area contributed by atoms with E-state index < -0.39 is 15.9 Å². The van der Waals surface area contributed by atoms with E-state index in [9.17, 15) is 17.6 Å². The largest absolute Gasteiger partial charge is 0.495 e. The molecule has 1 atom stereocenters. The number of methoxy groups -OCH3 is 1. The minimum absolute atomic E-state index is 0.0150. The highest BCUT2D eigenvalue weighted by Gasteiger charge is 2.30. The minimum Gasteiger partial charge on any atom is -0.495 e. The van der Waals surface area contributed by atoms with Crippen molar-refractivity contribution in [3.63, 3.8) is 0 Å². The number of ether oxygens (including phenoxy) is 1. The van der Waals surface area contributed by atoms with Crippen molar-refractivity contribution in [1.82, 2.24) is 14.5 Å². The summed E-state index contributed by atoms with van der Waals surface area (Å²) in [6.45, 7) is 1.15. The zero-order valence-electron chi connectivity index (χ0n) is 18.0. The molecule has 1 heterocycles. The normalized spacial score (nSPS) is 15.8. The Balaban J connectivity index is 1.81. The molecule has 7 nitrogen and oxygen atoms in total. The molecule has 0 saturated carbocycles. The van der Waals surface area contributed by atoms with Gasteiger partial charge in [0, 0.05) is 25.2 Å². The van der Waals surface area contributed by atoms with Gasteiger partial charge in [0.1, 0.15) is 16.5 Å². The second-order valence-electron chi connectivity index (χ2n) is 7.72. The first-order valence-corrected chi connectivity index (χ1v) is 11.6. The molecule has 1 aliphatic rings. The topological polar surface area (TPSA) is 79.0 Å². The van der Waals surface area contributed by atoms with Crippen LogP contribution in [0.4, 0.5) is 4.39 Å². The van der Waals surface area contributed by atoms with Crippen LogP contribution in [0.15, 0.2) is 47.4 Å². The number of hydrogen-bond donors (Lipinski definition) is 1. The fourth-order valence-corrected chi connectivity index (χ4v) is 5.39. The van der Waals surface area contributed by atoms with E-state index in [1.165, 1.54) is 41.7 Å². The molecule has 1 fully saturated rings. The van der Waals surface area contributed by atoms with Crippen LogP contribution < -0.4 is 10.1 Å². The van der Waals surface area contributed by atoms with Crippen molar-refractivity contribution in [2.75, 3.05) is 40.8 Å². The van der Waals surface area contributed by atoms with Crippen molar-refractivity contribution < 1.29 is 22.3 Å². The van der Waals surface area contributed by atoms with Crippen molar-refractivity contribution in [2.45, 2.75) is 23.8 Å². The molecule has 1 amide bonds. The van der Waals surface area contributed by atoms with Crippen LogP contribution >= 0.6 is 0 Å². The summed E-state index contributed by atoms with van der Waals surface area (Å²) in [6.07, 6.45) is 1.63. The molecule has 9 heteroatoms. The molecule has 0 bridgehead atoms. The van der Waals surface area contributed by atoms with Gasteiger partial charge in [0.15, 0.2) is 0 Å². The van der Waals surface area contributed by atoms with E-state index >= 15 is 0 Å². The Labute approximate surface area is 182 Å². The molecular formula is C22H28FN3O4S. The number of benzene rings is 2. The van der Waals surface area contributed by atoms with Crippen molar-refractivity contribution in [2.24, 2.45) is 0 Å². The van der Waals surface area contributed by atoms with Gasteiger partial charge in [-0.3, -0.25) is 4.79 Å². The molecule has 0 radical (unpaired) electrons. The van der Waals surface area contributed by atoms with Gasteiger partial charge in [-0.2, -0.15) is 4.31 Å². The number of halogens is 1. The Hall–Kier alpha value is -2.49. The fraction of sp³-hybridized carbons (Fsp3) is 0.409. The summed E-state index contributed by atoms with van der Waals surface area (Å²) in [5, 5.41) is 2.83. The second-order valence-corrected chi connectivity index (χ2v) is 9.63. The minimum atomic E-state index is -3.75. The van der Waals surface area contributed by atoms with Gasteiger partial charge in [0.25, 0.3) is 5.91 Å². The van der Waals surface area contributed by atoms with E-state index in [2.05, 4.69) is 5.32 Å². The van der Waals surface area contributed by atoms with Crippen LogP contribution in [0.2, 0.25) is 0 Å². The number of carbonyl (C=O) groups is 1. The summed E-state index contributed by atoms with van der Waals surface area (Å²) >= 11 is 0. The van der Waals surface area contributed by atoms with Gasteiger partial charge < -0.3 is 15.0 Å². The third-order valence-electron chi connectivity index (χ3n) is 5.42. The molecule has 168 valence electrons. The van der Waals surface area contributed by atoms with Crippen LogP contribution in [0, 0.1) is 5.82 Å². The summed E-state index contributed by atoms with van der Waals surface area (Å²) in [5.74, 6) is -0.555. The summed E-state index contributed by atoms with van der Waals surface area (Å²) < 4.78 is 46.4. The first-order valence-electron chi connectivity index (χ1n) is 10.1. The lowest BCUT2D eigenvalue weighted by Crippen LogP contribution is -2.34. The zero-order chi connectivity index (χ0) is 22.6. The zero-order valence-corrected chi connectivity index (χ0v) is 18.8. The Bertz CT molecular complexity index is 1040. The number of nitrogens with zero attached hydrogens (tertiary/aromatic N) is 2. The number of hydrogen-bond acceptors (Lipinski definition) is 5. The smallest absolute Gasteiger partial charge is 0.251 e. The van der Waals surface area contributed by atoms with Gasteiger partial charge in [0.05, 0.1) is 13.2 Å². The number of carbonyl (C=O) groups excluding carboxylic acids is 1. The van der Waals surface area contributed by atoms with E-state index in [-0.39, 0.29) is 34.6 Å². The van der Waals surface area contributed by atoms with Gasteiger partial charge in [-0.05, 0) is 62.8 Å². The number of sulfonamides is 1. The van der Waals surface area contributed by atoms with Gasteiger partial charge in [-0.15, -0.1) is 0 Å². The Morgan fingerprint density at radius 2 is 1.90 bits per heavy atom. The van der Waals surface area contributed by atoms with Crippen LogP contribution in [-0.4, -0.2) is 64.4 Å². The predicted octanol–water partition coefficient (Wildman–Crippen LogP) is 2.65. The number of likely N-dealkylation sites (N-methyl/N-ethyl adjacent to an activating group) is 1. The van der Waals surface area contributed by atoms with Gasteiger partial charge in [-0.25, -0.2) is 12.8 Å². The average Bonchev–Trinajstić information content (AvgIpc) is 3.29. The van der Waals surface area contributed by atoms with Crippen LogP contribution in [-0.2, 0) is 10.0 Å².